The zero-order valence-electron chi connectivity index (χ0n) is 21.1. The van der Waals surface area contributed by atoms with E-state index in [2.05, 4.69) is 41.6 Å². The molecule has 0 aliphatic carbocycles. The Morgan fingerprint density at radius 3 is 2.56 bits per heavy atom. The van der Waals surface area contributed by atoms with Crippen LogP contribution in [0.1, 0.15) is 42.3 Å². The standard InChI is InChI=1S/C29H24N4O5S/c1-3-17(2)19-9-12-25-23(16-19)31-28(38-25)18-7-10-21(11-8-18)30-29(39)32-27(34)26-14-13-24(37-26)20-5-4-6-22(15-20)33(35)36/h4-17H,3H2,1-2H3,(H2,30,32,34,39). The summed E-state index contributed by atoms with van der Waals surface area (Å²) in [6.07, 6.45) is 1.05. The van der Waals surface area contributed by atoms with Gasteiger partial charge >= 0.3 is 0 Å². The fourth-order valence-electron chi connectivity index (χ4n) is 4.02. The summed E-state index contributed by atoms with van der Waals surface area (Å²) in [5.74, 6) is 0.763. The van der Waals surface area contributed by atoms with Crippen molar-refractivity contribution in [2.24, 2.45) is 0 Å². The lowest BCUT2D eigenvalue weighted by Crippen LogP contribution is -2.33. The van der Waals surface area contributed by atoms with Crippen molar-refractivity contribution in [3.05, 3.63) is 100 Å². The van der Waals surface area contributed by atoms with Crippen molar-refractivity contribution in [1.82, 2.24) is 10.3 Å². The monoisotopic (exact) mass is 540 g/mol. The number of oxazole rings is 1. The average molecular weight is 541 g/mol. The first-order valence-corrected chi connectivity index (χ1v) is 12.7. The Morgan fingerprint density at radius 2 is 1.82 bits per heavy atom. The van der Waals surface area contributed by atoms with Crippen molar-refractivity contribution in [2.45, 2.75) is 26.2 Å². The first kappa shape index (κ1) is 25.8. The highest BCUT2D eigenvalue weighted by molar-refractivity contribution is 7.80. The Kier molecular flexibility index (Phi) is 7.20. The van der Waals surface area contributed by atoms with Gasteiger partial charge in [-0.15, -0.1) is 0 Å². The van der Waals surface area contributed by atoms with Gasteiger partial charge in [0.1, 0.15) is 11.3 Å². The number of amides is 1. The van der Waals surface area contributed by atoms with Crippen LogP contribution >= 0.6 is 12.2 Å². The van der Waals surface area contributed by atoms with Gasteiger partial charge in [0.25, 0.3) is 11.6 Å². The van der Waals surface area contributed by atoms with E-state index in [4.69, 9.17) is 21.1 Å². The topological polar surface area (TPSA) is 123 Å². The summed E-state index contributed by atoms with van der Waals surface area (Å²) in [5, 5.41) is 16.6. The number of nitro groups is 1. The number of thiocarbonyl (C=S) groups is 1. The van der Waals surface area contributed by atoms with Crippen LogP contribution in [0.25, 0.3) is 33.9 Å². The molecule has 3 aromatic carbocycles. The number of anilines is 1. The van der Waals surface area contributed by atoms with Gasteiger partial charge in [-0.25, -0.2) is 4.98 Å². The first-order chi connectivity index (χ1) is 18.8. The molecule has 1 amide bonds. The highest BCUT2D eigenvalue weighted by Crippen LogP contribution is 2.29. The van der Waals surface area contributed by atoms with Crippen molar-refractivity contribution in [3.8, 4) is 22.8 Å². The second-order valence-corrected chi connectivity index (χ2v) is 9.42. The van der Waals surface area contributed by atoms with E-state index >= 15 is 0 Å². The van der Waals surface area contributed by atoms with Crippen molar-refractivity contribution < 1.29 is 18.6 Å². The van der Waals surface area contributed by atoms with Crippen LogP contribution in [-0.4, -0.2) is 20.9 Å². The second kappa shape index (κ2) is 10.9. The number of nitrogens with zero attached hydrogens (tertiary/aromatic N) is 2. The number of aromatic nitrogens is 1. The van der Waals surface area contributed by atoms with Gasteiger partial charge in [0.05, 0.1) is 4.92 Å². The molecule has 10 heteroatoms. The number of carbonyl (C=O) groups is 1. The molecule has 0 bridgehead atoms. The predicted molar refractivity (Wildman–Crippen MR) is 153 cm³/mol. The molecule has 1 atom stereocenters. The SMILES string of the molecule is CCC(C)c1ccc2oc(-c3ccc(NC(=S)NC(=O)c4ccc(-c5cccc([N+](=O)[O-])c5)o4)cc3)nc2c1. The summed E-state index contributed by atoms with van der Waals surface area (Å²) >= 11 is 5.28. The van der Waals surface area contributed by atoms with E-state index < -0.39 is 10.8 Å². The van der Waals surface area contributed by atoms with E-state index in [1.807, 2.05) is 18.2 Å². The fraction of sp³-hybridized carbons (Fsp3) is 0.138. The van der Waals surface area contributed by atoms with E-state index in [-0.39, 0.29) is 16.6 Å². The Labute approximate surface area is 229 Å². The quantitative estimate of drug-likeness (QED) is 0.125. The van der Waals surface area contributed by atoms with E-state index in [9.17, 15) is 14.9 Å². The molecule has 196 valence electrons. The van der Waals surface area contributed by atoms with Crippen LogP contribution in [0.15, 0.2) is 87.7 Å². The summed E-state index contributed by atoms with van der Waals surface area (Å²) in [6.45, 7) is 4.35. The maximum Gasteiger partial charge on any atom is 0.293 e. The van der Waals surface area contributed by atoms with E-state index in [1.54, 1.807) is 30.3 Å². The van der Waals surface area contributed by atoms with Gasteiger partial charge in [0.2, 0.25) is 5.89 Å². The smallest absolute Gasteiger partial charge is 0.293 e. The number of benzene rings is 3. The van der Waals surface area contributed by atoms with E-state index in [0.29, 0.717) is 28.8 Å². The number of hydrogen-bond acceptors (Lipinski definition) is 7. The zero-order chi connectivity index (χ0) is 27.5. The molecule has 0 aliphatic heterocycles. The second-order valence-electron chi connectivity index (χ2n) is 9.01. The third kappa shape index (κ3) is 5.70. The lowest BCUT2D eigenvalue weighted by Gasteiger charge is -2.09. The van der Waals surface area contributed by atoms with Gasteiger partial charge in [-0.2, -0.15) is 0 Å². The van der Waals surface area contributed by atoms with Crippen LogP contribution in [0.3, 0.4) is 0 Å². The van der Waals surface area contributed by atoms with Gasteiger partial charge in [0.15, 0.2) is 16.5 Å². The minimum Gasteiger partial charge on any atom is -0.451 e. The van der Waals surface area contributed by atoms with Gasteiger partial charge < -0.3 is 14.2 Å². The molecular formula is C29H24N4O5S. The van der Waals surface area contributed by atoms with Crippen LogP contribution in [0.4, 0.5) is 11.4 Å². The molecule has 2 heterocycles. The van der Waals surface area contributed by atoms with Gasteiger partial charge in [-0.05, 0) is 78.7 Å². The molecule has 0 saturated heterocycles. The number of fused-ring (bicyclic) bond motifs is 1. The maximum atomic E-state index is 12.6. The number of nitro benzene ring substituents is 1. The fourth-order valence-corrected chi connectivity index (χ4v) is 4.23. The van der Waals surface area contributed by atoms with E-state index in [1.165, 1.54) is 23.8 Å². The number of rotatable bonds is 7. The lowest BCUT2D eigenvalue weighted by molar-refractivity contribution is -0.384. The molecule has 5 aromatic rings. The van der Waals surface area contributed by atoms with Crippen molar-refractivity contribution >= 4 is 45.7 Å². The van der Waals surface area contributed by atoms with Crippen LogP contribution < -0.4 is 10.6 Å². The lowest BCUT2D eigenvalue weighted by atomic mass is 9.98. The highest BCUT2D eigenvalue weighted by Gasteiger charge is 2.16. The molecule has 2 aromatic heterocycles. The molecule has 0 aliphatic rings. The van der Waals surface area contributed by atoms with Crippen molar-refractivity contribution in [2.75, 3.05) is 5.32 Å². The Morgan fingerprint density at radius 1 is 1.03 bits per heavy atom. The molecule has 9 nitrogen and oxygen atoms in total. The van der Waals surface area contributed by atoms with Gasteiger partial charge in [-0.1, -0.05) is 32.0 Å². The molecule has 1 unspecified atom stereocenters. The summed E-state index contributed by atoms with van der Waals surface area (Å²) in [7, 11) is 0. The minimum absolute atomic E-state index is 0.0171. The molecule has 0 fully saturated rings. The Hall–Kier alpha value is -4.83. The van der Waals surface area contributed by atoms with Crippen molar-refractivity contribution in [3.63, 3.8) is 0 Å². The Bertz CT molecular complexity index is 1690. The average Bonchev–Trinajstić information content (AvgIpc) is 3.60. The number of furan rings is 1. The van der Waals surface area contributed by atoms with Gasteiger partial charge in [0, 0.05) is 28.9 Å². The molecule has 5 rings (SSSR count). The van der Waals surface area contributed by atoms with Crippen LogP contribution in [0, 0.1) is 10.1 Å². The summed E-state index contributed by atoms with van der Waals surface area (Å²) in [6, 6.07) is 22.4. The summed E-state index contributed by atoms with van der Waals surface area (Å²) < 4.78 is 11.5. The number of non-ortho nitro benzene ring substituents is 1. The zero-order valence-corrected chi connectivity index (χ0v) is 22.0. The third-order valence-electron chi connectivity index (χ3n) is 6.38. The normalized spacial score (nSPS) is 11.7. The summed E-state index contributed by atoms with van der Waals surface area (Å²) in [5.41, 5.74) is 4.67. The Balaban J connectivity index is 1.22. The molecule has 2 N–H and O–H groups in total. The highest BCUT2D eigenvalue weighted by atomic mass is 32.1. The summed E-state index contributed by atoms with van der Waals surface area (Å²) in [4.78, 5) is 27.8. The van der Waals surface area contributed by atoms with Crippen LogP contribution in [0.5, 0.6) is 0 Å². The largest absolute Gasteiger partial charge is 0.451 e. The molecule has 0 saturated carbocycles. The van der Waals surface area contributed by atoms with Crippen LogP contribution in [-0.2, 0) is 0 Å². The minimum atomic E-state index is -0.552. The van der Waals surface area contributed by atoms with Crippen molar-refractivity contribution in [1.29, 1.82) is 0 Å². The number of hydrogen-bond donors (Lipinski definition) is 2. The van der Waals surface area contributed by atoms with E-state index in [0.717, 1.165) is 23.1 Å². The number of nitrogens with one attached hydrogen (secondary N) is 2. The predicted octanol–water partition coefficient (Wildman–Crippen LogP) is 7.30. The van der Waals surface area contributed by atoms with Crippen LogP contribution in [0.2, 0.25) is 0 Å². The number of carbonyl (C=O) groups excluding carboxylic acids is 1. The first-order valence-electron chi connectivity index (χ1n) is 12.3. The maximum absolute atomic E-state index is 12.6. The molecule has 0 radical (unpaired) electrons. The molecule has 39 heavy (non-hydrogen) atoms. The molecule has 0 spiro atoms. The molecular weight excluding hydrogens is 516 g/mol. The third-order valence-corrected chi connectivity index (χ3v) is 6.59. The van der Waals surface area contributed by atoms with Gasteiger partial charge in [-0.3, -0.25) is 20.2 Å².